The quantitative estimate of drug-likeness (QED) is 0.720. The van der Waals surface area contributed by atoms with Gasteiger partial charge >= 0.3 is 0 Å². The van der Waals surface area contributed by atoms with Crippen LogP contribution in [0.2, 0.25) is 0 Å². The summed E-state index contributed by atoms with van der Waals surface area (Å²) < 4.78 is 22.6. The maximum absolute atomic E-state index is 12.9. The number of rotatable bonds is 6. The zero-order valence-electron chi connectivity index (χ0n) is 17.6. The van der Waals surface area contributed by atoms with Gasteiger partial charge in [-0.2, -0.15) is 0 Å². The number of piperidine rings is 1. The third kappa shape index (κ3) is 4.82. The topological polar surface area (TPSA) is 89.5 Å². The molecule has 8 nitrogen and oxygen atoms in total. The highest BCUT2D eigenvalue weighted by Gasteiger charge is 2.31. The Bertz CT molecular complexity index is 737. The molecule has 0 aliphatic carbocycles. The number of nitrogens with zero attached hydrogens (tertiary/aromatic N) is 1. The number of aliphatic hydroxyl groups is 1. The Labute approximate surface area is 177 Å². The Hall–Kier alpha value is -2.03. The van der Waals surface area contributed by atoms with E-state index in [-0.39, 0.29) is 11.8 Å². The second-order valence-electron chi connectivity index (χ2n) is 8.24. The van der Waals surface area contributed by atoms with E-state index in [0.29, 0.717) is 55.2 Å². The van der Waals surface area contributed by atoms with Crippen molar-refractivity contribution in [3.8, 4) is 17.2 Å². The van der Waals surface area contributed by atoms with Crippen LogP contribution in [0.5, 0.6) is 17.2 Å². The van der Waals surface area contributed by atoms with E-state index in [4.69, 9.17) is 18.9 Å². The van der Waals surface area contributed by atoms with Gasteiger partial charge in [0.15, 0.2) is 11.5 Å². The molecule has 1 amide bonds. The van der Waals surface area contributed by atoms with Crippen molar-refractivity contribution in [2.75, 3.05) is 53.1 Å². The Kier molecular flexibility index (Phi) is 6.97. The number of carbonyl (C=O) groups excluding carboxylic acids is 1. The van der Waals surface area contributed by atoms with Gasteiger partial charge in [-0.1, -0.05) is 0 Å². The number of likely N-dealkylation sites (tertiary alicyclic amines) is 1. The molecule has 0 radical (unpaired) electrons. The van der Waals surface area contributed by atoms with Gasteiger partial charge in [-0.3, -0.25) is 9.69 Å². The average molecular weight is 421 g/mol. The molecule has 4 rings (SSSR count). The summed E-state index contributed by atoms with van der Waals surface area (Å²) in [5.41, 5.74) is 0.429. The van der Waals surface area contributed by atoms with Crippen molar-refractivity contribution >= 4 is 5.91 Å². The van der Waals surface area contributed by atoms with E-state index in [1.54, 1.807) is 19.2 Å². The lowest BCUT2D eigenvalue weighted by atomic mass is 9.93. The van der Waals surface area contributed by atoms with Crippen LogP contribution in [0, 0.1) is 5.92 Å². The molecule has 1 aromatic rings. The number of carbonyl (C=O) groups is 1. The number of nitrogens with one attached hydrogen (secondary N) is 1. The highest BCUT2D eigenvalue weighted by Crippen LogP contribution is 2.41. The first-order valence-electron chi connectivity index (χ1n) is 10.9. The number of hydrogen-bond donors (Lipinski definition) is 2. The van der Waals surface area contributed by atoms with Crippen molar-refractivity contribution < 1.29 is 28.8 Å². The van der Waals surface area contributed by atoms with Crippen molar-refractivity contribution in [1.82, 2.24) is 10.2 Å². The van der Waals surface area contributed by atoms with Gasteiger partial charge < -0.3 is 29.4 Å². The van der Waals surface area contributed by atoms with Gasteiger partial charge in [-0.05, 0) is 37.9 Å². The second kappa shape index (κ2) is 9.85. The van der Waals surface area contributed by atoms with Crippen LogP contribution in [0.15, 0.2) is 12.1 Å². The number of aliphatic hydroxyl groups excluding tert-OH is 1. The molecule has 2 unspecified atom stereocenters. The molecule has 0 spiro atoms. The Balaban J connectivity index is 1.34. The summed E-state index contributed by atoms with van der Waals surface area (Å²) in [4.78, 5) is 15.1. The minimum atomic E-state index is -0.465. The van der Waals surface area contributed by atoms with Crippen molar-refractivity contribution in [1.29, 1.82) is 0 Å². The maximum atomic E-state index is 12.9. The zero-order chi connectivity index (χ0) is 20.9. The molecule has 0 bridgehead atoms. The molecule has 1 aromatic carbocycles. The fourth-order valence-electron chi connectivity index (χ4n) is 4.42. The normalized spacial score (nSPS) is 26.8. The molecule has 2 fully saturated rings. The number of fused-ring (bicyclic) bond motifs is 1. The van der Waals surface area contributed by atoms with E-state index < -0.39 is 6.10 Å². The highest BCUT2D eigenvalue weighted by molar-refractivity contribution is 5.98. The van der Waals surface area contributed by atoms with E-state index in [1.165, 1.54) is 0 Å². The minimum Gasteiger partial charge on any atom is -0.493 e. The molecule has 3 aliphatic rings. The van der Waals surface area contributed by atoms with Crippen LogP contribution in [-0.2, 0) is 4.74 Å². The van der Waals surface area contributed by atoms with E-state index in [1.807, 2.05) is 0 Å². The molecular weight excluding hydrogens is 388 g/mol. The summed E-state index contributed by atoms with van der Waals surface area (Å²) in [7, 11) is 1.57. The molecule has 8 heteroatoms. The van der Waals surface area contributed by atoms with Crippen LogP contribution in [0.3, 0.4) is 0 Å². The van der Waals surface area contributed by atoms with Crippen LogP contribution < -0.4 is 19.5 Å². The fourth-order valence-corrected chi connectivity index (χ4v) is 4.42. The van der Waals surface area contributed by atoms with Crippen molar-refractivity contribution in [2.45, 2.75) is 37.9 Å². The summed E-state index contributed by atoms with van der Waals surface area (Å²) in [5.74, 6) is 1.26. The van der Waals surface area contributed by atoms with Gasteiger partial charge in [0.05, 0.1) is 38.1 Å². The summed E-state index contributed by atoms with van der Waals surface area (Å²) in [6.07, 6.45) is 3.64. The van der Waals surface area contributed by atoms with Gasteiger partial charge in [0.2, 0.25) is 5.75 Å². The molecule has 0 saturated carbocycles. The van der Waals surface area contributed by atoms with Gasteiger partial charge in [0, 0.05) is 38.6 Å². The van der Waals surface area contributed by atoms with E-state index in [9.17, 15) is 9.90 Å². The third-order valence-corrected chi connectivity index (χ3v) is 6.14. The van der Waals surface area contributed by atoms with E-state index in [0.717, 1.165) is 45.4 Å². The number of β-amino-alcohol motifs (C(OH)–C–C–N with tert-alkyl or cyclic N) is 1. The Morgan fingerprint density at radius 3 is 2.77 bits per heavy atom. The second-order valence-corrected chi connectivity index (χ2v) is 8.24. The first kappa shape index (κ1) is 21.2. The highest BCUT2D eigenvalue weighted by atomic mass is 16.5. The molecule has 3 atom stereocenters. The predicted molar refractivity (Wildman–Crippen MR) is 110 cm³/mol. The summed E-state index contributed by atoms with van der Waals surface area (Å²) in [5, 5.41) is 13.6. The molecule has 0 aromatic heterocycles. The SMILES string of the molecule is COc1ccc(C(=O)NC[C@@H]2CCN(CC3CCCO3)CC2O)c2c1OCCCO2. The standard InChI is InChI=1S/C22H32N2O6/c1-27-19-6-5-17(20-21(19)30-11-3-10-29-20)22(26)23-12-15-7-8-24(14-18(15)25)13-16-4-2-9-28-16/h5-6,15-16,18,25H,2-4,7-14H2,1H3,(H,23,26)/t15-,16?,18?/m0/s1. The van der Waals surface area contributed by atoms with Crippen molar-refractivity contribution in [3.05, 3.63) is 17.7 Å². The van der Waals surface area contributed by atoms with Gasteiger partial charge in [0.25, 0.3) is 5.91 Å². The molecule has 3 heterocycles. The fraction of sp³-hybridized carbons (Fsp3) is 0.682. The smallest absolute Gasteiger partial charge is 0.255 e. The van der Waals surface area contributed by atoms with Crippen molar-refractivity contribution in [3.63, 3.8) is 0 Å². The number of methoxy groups -OCH3 is 1. The summed E-state index contributed by atoms with van der Waals surface area (Å²) >= 11 is 0. The number of hydrogen-bond acceptors (Lipinski definition) is 7. The summed E-state index contributed by atoms with van der Waals surface area (Å²) in [6.45, 7) is 4.69. The lowest BCUT2D eigenvalue weighted by molar-refractivity contribution is -0.00191. The van der Waals surface area contributed by atoms with E-state index >= 15 is 0 Å². The third-order valence-electron chi connectivity index (χ3n) is 6.14. The lowest BCUT2D eigenvalue weighted by Crippen LogP contribution is -2.49. The van der Waals surface area contributed by atoms with Gasteiger partial charge in [-0.25, -0.2) is 0 Å². The molecule has 2 N–H and O–H groups in total. The monoisotopic (exact) mass is 420 g/mol. The van der Waals surface area contributed by atoms with Crippen LogP contribution >= 0.6 is 0 Å². The van der Waals surface area contributed by atoms with E-state index in [2.05, 4.69) is 10.2 Å². The summed E-state index contributed by atoms with van der Waals surface area (Å²) in [6, 6.07) is 3.42. The first-order chi connectivity index (χ1) is 14.7. The number of ether oxygens (including phenoxy) is 4. The first-order valence-corrected chi connectivity index (χ1v) is 10.9. The van der Waals surface area contributed by atoms with Crippen LogP contribution in [0.25, 0.3) is 0 Å². The molecule has 2 saturated heterocycles. The predicted octanol–water partition coefficient (Wildman–Crippen LogP) is 1.45. The molecule has 166 valence electrons. The molecule has 30 heavy (non-hydrogen) atoms. The lowest BCUT2D eigenvalue weighted by Gasteiger charge is -2.37. The van der Waals surface area contributed by atoms with Gasteiger partial charge in [0.1, 0.15) is 0 Å². The average Bonchev–Trinajstić information content (AvgIpc) is 3.13. The Morgan fingerprint density at radius 1 is 1.20 bits per heavy atom. The number of benzene rings is 1. The number of amides is 1. The molecule has 3 aliphatic heterocycles. The van der Waals surface area contributed by atoms with Crippen LogP contribution in [0.1, 0.15) is 36.0 Å². The minimum absolute atomic E-state index is 0.0312. The largest absolute Gasteiger partial charge is 0.493 e. The van der Waals surface area contributed by atoms with Crippen LogP contribution in [0.4, 0.5) is 0 Å². The van der Waals surface area contributed by atoms with Crippen LogP contribution in [-0.4, -0.2) is 81.2 Å². The Morgan fingerprint density at radius 2 is 2.03 bits per heavy atom. The van der Waals surface area contributed by atoms with Gasteiger partial charge in [-0.15, -0.1) is 0 Å². The maximum Gasteiger partial charge on any atom is 0.255 e. The van der Waals surface area contributed by atoms with Crippen molar-refractivity contribution in [2.24, 2.45) is 5.92 Å². The molecular formula is C22H32N2O6. The zero-order valence-corrected chi connectivity index (χ0v) is 17.6.